The van der Waals surface area contributed by atoms with Gasteiger partial charge >= 0.3 is 0 Å². The van der Waals surface area contributed by atoms with Crippen LogP contribution in [0.25, 0.3) is 0 Å². The fourth-order valence-corrected chi connectivity index (χ4v) is 0.930. The van der Waals surface area contributed by atoms with Crippen LogP contribution in [0.2, 0.25) is 0 Å². The normalized spacial score (nSPS) is 13.1. The molecule has 0 amide bonds. The maximum atomic E-state index is 8.64. The number of ether oxygens (including phenoxy) is 2. The van der Waals surface area contributed by atoms with Crippen LogP contribution < -0.4 is 0 Å². The molecule has 0 aliphatic rings. The molecule has 0 aromatic carbocycles. The Hall–Kier alpha value is -0.640. The molecule has 0 aromatic rings. The van der Waals surface area contributed by atoms with Crippen molar-refractivity contribution in [3.8, 4) is 0 Å². The molecule has 0 aliphatic heterocycles. The fourth-order valence-electron chi connectivity index (χ4n) is 0.930. The molecule has 82 valence electrons. The highest BCUT2D eigenvalue weighted by Gasteiger charge is 2.00. The zero-order chi connectivity index (χ0) is 10.8. The van der Waals surface area contributed by atoms with Crippen LogP contribution in [0.4, 0.5) is 0 Å². The van der Waals surface area contributed by atoms with E-state index in [-0.39, 0.29) is 12.9 Å². The van der Waals surface area contributed by atoms with Crippen LogP contribution in [0.3, 0.4) is 0 Å². The second-order valence-corrected chi connectivity index (χ2v) is 2.77. The van der Waals surface area contributed by atoms with Crippen molar-refractivity contribution >= 4 is 0 Å². The number of hydrogen-bond acceptors (Lipinski definition) is 3. The smallest absolute Gasteiger partial charge is 0.177 e. The van der Waals surface area contributed by atoms with Gasteiger partial charge in [-0.25, -0.2) is 0 Å². The van der Waals surface area contributed by atoms with Crippen molar-refractivity contribution in [3.63, 3.8) is 0 Å². The van der Waals surface area contributed by atoms with E-state index in [1.54, 1.807) is 6.08 Å². The highest BCUT2D eigenvalue weighted by molar-refractivity contribution is 5.16. The minimum absolute atomic E-state index is 0.0596. The first-order valence-corrected chi connectivity index (χ1v) is 4.93. The molecule has 0 bridgehead atoms. The van der Waals surface area contributed by atoms with Gasteiger partial charge in [0, 0.05) is 13.2 Å². The minimum atomic E-state index is -0.285. The molecule has 14 heavy (non-hydrogen) atoms. The lowest BCUT2D eigenvalue weighted by Crippen LogP contribution is -2.14. The fraction of sp³-hybridized carbons (Fsp3) is 0.636. The van der Waals surface area contributed by atoms with Gasteiger partial charge in [0.2, 0.25) is 0 Å². The predicted molar refractivity (Wildman–Crippen MR) is 57.0 cm³/mol. The molecule has 0 saturated carbocycles. The summed E-state index contributed by atoms with van der Waals surface area (Å²) < 4.78 is 10.6. The van der Waals surface area contributed by atoms with E-state index < -0.39 is 0 Å². The molecule has 0 aromatic heterocycles. The average molecular weight is 200 g/mol. The minimum Gasteiger partial charge on any atom is -0.392 e. The van der Waals surface area contributed by atoms with E-state index in [1.807, 2.05) is 32.9 Å². The highest BCUT2D eigenvalue weighted by Crippen LogP contribution is 2.01. The van der Waals surface area contributed by atoms with E-state index in [0.717, 1.165) is 5.57 Å². The van der Waals surface area contributed by atoms with Crippen molar-refractivity contribution in [1.29, 1.82) is 0 Å². The lowest BCUT2D eigenvalue weighted by Gasteiger charge is -2.12. The Bertz CT molecular complexity index is 179. The van der Waals surface area contributed by atoms with Crippen LogP contribution in [0.15, 0.2) is 23.8 Å². The molecule has 3 nitrogen and oxygen atoms in total. The third kappa shape index (κ3) is 6.83. The third-order valence-electron chi connectivity index (χ3n) is 1.59. The Morgan fingerprint density at radius 3 is 2.29 bits per heavy atom. The SMILES string of the molecule is CCOC(/C=C/C(C)=C/CO)OCC. The van der Waals surface area contributed by atoms with Gasteiger partial charge in [-0.3, -0.25) is 0 Å². The van der Waals surface area contributed by atoms with Gasteiger partial charge in [0.1, 0.15) is 0 Å². The second kappa shape index (κ2) is 8.94. The zero-order valence-electron chi connectivity index (χ0n) is 9.19. The highest BCUT2D eigenvalue weighted by atomic mass is 16.7. The summed E-state index contributed by atoms with van der Waals surface area (Å²) in [4.78, 5) is 0. The molecule has 0 radical (unpaired) electrons. The molecule has 0 aliphatic carbocycles. The molecule has 3 heteroatoms. The standard InChI is InChI=1S/C11H20O3/c1-4-13-11(14-5-2)7-6-10(3)8-9-12/h6-8,11-12H,4-5,9H2,1-3H3/b7-6+,10-8+. The molecular weight excluding hydrogens is 180 g/mol. The van der Waals surface area contributed by atoms with Crippen molar-refractivity contribution in [2.24, 2.45) is 0 Å². The molecule has 0 fully saturated rings. The van der Waals surface area contributed by atoms with Crippen molar-refractivity contribution in [2.45, 2.75) is 27.1 Å². The molecule has 0 saturated heterocycles. The van der Waals surface area contributed by atoms with Gasteiger partial charge < -0.3 is 14.6 Å². The first-order chi connectivity index (χ1) is 6.74. The summed E-state index contributed by atoms with van der Waals surface area (Å²) in [7, 11) is 0. The lowest BCUT2D eigenvalue weighted by atomic mass is 10.2. The van der Waals surface area contributed by atoms with Gasteiger partial charge in [-0.2, -0.15) is 0 Å². The van der Waals surface area contributed by atoms with E-state index in [4.69, 9.17) is 14.6 Å². The number of aliphatic hydroxyl groups excluding tert-OH is 1. The Morgan fingerprint density at radius 2 is 1.86 bits per heavy atom. The lowest BCUT2D eigenvalue weighted by molar-refractivity contribution is -0.103. The Morgan fingerprint density at radius 1 is 1.29 bits per heavy atom. The third-order valence-corrected chi connectivity index (χ3v) is 1.59. The predicted octanol–water partition coefficient (Wildman–Crippen LogP) is 1.88. The van der Waals surface area contributed by atoms with E-state index in [0.29, 0.717) is 13.2 Å². The Balaban J connectivity index is 4.05. The van der Waals surface area contributed by atoms with Crippen LogP contribution in [0, 0.1) is 0 Å². The van der Waals surface area contributed by atoms with Gasteiger partial charge in [-0.15, -0.1) is 0 Å². The molecule has 0 unspecified atom stereocenters. The average Bonchev–Trinajstić information content (AvgIpc) is 2.15. The summed E-state index contributed by atoms with van der Waals surface area (Å²) in [5.41, 5.74) is 0.997. The summed E-state index contributed by atoms with van der Waals surface area (Å²) >= 11 is 0. The van der Waals surface area contributed by atoms with Crippen LogP contribution in [-0.2, 0) is 9.47 Å². The van der Waals surface area contributed by atoms with Crippen molar-refractivity contribution < 1.29 is 14.6 Å². The van der Waals surface area contributed by atoms with Gasteiger partial charge in [0.05, 0.1) is 6.61 Å². The number of aliphatic hydroxyl groups is 1. The van der Waals surface area contributed by atoms with Crippen LogP contribution in [-0.4, -0.2) is 31.2 Å². The topological polar surface area (TPSA) is 38.7 Å². The van der Waals surface area contributed by atoms with E-state index in [9.17, 15) is 0 Å². The van der Waals surface area contributed by atoms with Crippen molar-refractivity contribution in [3.05, 3.63) is 23.8 Å². The number of allylic oxidation sites excluding steroid dienone is 2. The first kappa shape index (κ1) is 13.4. The maximum Gasteiger partial charge on any atom is 0.177 e. The van der Waals surface area contributed by atoms with Gasteiger partial charge in [0.15, 0.2) is 6.29 Å². The Labute approximate surface area is 86.0 Å². The molecule has 0 rings (SSSR count). The summed E-state index contributed by atoms with van der Waals surface area (Å²) in [5, 5.41) is 8.64. The summed E-state index contributed by atoms with van der Waals surface area (Å²) in [6, 6.07) is 0. The van der Waals surface area contributed by atoms with Gasteiger partial charge in [-0.05, 0) is 26.8 Å². The van der Waals surface area contributed by atoms with Gasteiger partial charge in [-0.1, -0.05) is 17.7 Å². The first-order valence-electron chi connectivity index (χ1n) is 4.93. The van der Waals surface area contributed by atoms with Crippen molar-refractivity contribution in [2.75, 3.05) is 19.8 Å². The Kier molecular flexibility index (Phi) is 8.53. The van der Waals surface area contributed by atoms with Gasteiger partial charge in [0.25, 0.3) is 0 Å². The van der Waals surface area contributed by atoms with E-state index in [1.165, 1.54) is 0 Å². The van der Waals surface area contributed by atoms with Crippen LogP contribution in [0.1, 0.15) is 20.8 Å². The largest absolute Gasteiger partial charge is 0.392 e. The van der Waals surface area contributed by atoms with Crippen LogP contribution >= 0.6 is 0 Å². The van der Waals surface area contributed by atoms with Crippen LogP contribution in [0.5, 0.6) is 0 Å². The quantitative estimate of drug-likeness (QED) is 0.504. The molecule has 1 N–H and O–H groups in total. The molecule has 0 spiro atoms. The van der Waals surface area contributed by atoms with Crippen molar-refractivity contribution in [1.82, 2.24) is 0 Å². The summed E-state index contributed by atoms with van der Waals surface area (Å²) in [6.45, 7) is 7.08. The molecular formula is C11H20O3. The zero-order valence-corrected chi connectivity index (χ0v) is 9.19. The number of rotatable bonds is 7. The maximum absolute atomic E-state index is 8.64. The van der Waals surface area contributed by atoms with E-state index in [2.05, 4.69) is 0 Å². The molecule has 0 atom stereocenters. The monoisotopic (exact) mass is 200 g/mol. The summed E-state index contributed by atoms with van der Waals surface area (Å²) in [6.07, 6.45) is 5.17. The molecule has 0 heterocycles. The summed E-state index contributed by atoms with van der Waals surface area (Å²) in [5.74, 6) is 0. The number of hydrogen-bond donors (Lipinski definition) is 1. The van der Waals surface area contributed by atoms with E-state index >= 15 is 0 Å². The second-order valence-electron chi connectivity index (χ2n) is 2.77.